The maximum absolute atomic E-state index is 8.69. The molecule has 1 atom stereocenters. The molecule has 1 aromatic carbocycles. The lowest BCUT2D eigenvalue weighted by Gasteiger charge is -2.17. The zero-order chi connectivity index (χ0) is 11.1. The van der Waals surface area contributed by atoms with Crippen LogP contribution in [0.1, 0.15) is 18.0 Å². The molecule has 4 heteroatoms. The maximum atomic E-state index is 8.69. The van der Waals surface area contributed by atoms with Crippen molar-refractivity contribution in [2.24, 2.45) is 5.73 Å². The highest BCUT2D eigenvalue weighted by Crippen LogP contribution is 2.17. The molecule has 84 valence electrons. The fourth-order valence-electron chi connectivity index (χ4n) is 1.42. The Morgan fingerprint density at radius 3 is 2.87 bits per heavy atom. The Kier molecular flexibility index (Phi) is 5.86. The minimum absolute atomic E-state index is 0.161. The highest BCUT2D eigenvalue weighted by Gasteiger charge is 2.08. The molecule has 4 N–H and O–H groups in total. The van der Waals surface area contributed by atoms with Crippen LogP contribution in [0.3, 0.4) is 0 Å². The summed E-state index contributed by atoms with van der Waals surface area (Å²) >= 11 is 3.43. The fourth-order valence-corrected chi connectivity index (χ4v) is 1.83. The van der Waals surface area contributed by atoms with Gasteiger partial charge in [-0.1, -0.05) is 28.1 Å². The van der Waals surface area contributed by atoms with E-state index < -0.39 is 0 Å². The number of aliphatic hydroxyl groups excluding tert-OH is 1. The number of benzene rings is 1. The van der Waals surface area contributed by atoms with Crippen molar-refractivity contribution in [1.82, 2.24) is 5.32 Å². The molecule has 0 aliphatic rings. The molecular formula is C11H17BrN2O. The van der Waals surface area contributed by atoms with Crippen molar-refractivity contribution < 1.29 is 5.11 Å². The van der Waals surface area contributed by atoms with E-state index in [9.17, 15) is 0 Å². The van der Waals surface area contributed by atoms with Crippen molar-refractivity contribution in [2.75, 3.05) is 19.7 Å². The Balaban J connectivity index is 2.57. The van der Waals surface area contributed by atoms with E-state index in [4.69, 9.17) is 10.8 Å². The van der Waals surface area contributed by atoms with Crippen molar-refractivity contribution in [2.45, 2.75) is 12.5 Å². The number of nitrogens with one attached hydrogen (secondary N) is 1. The van der Waals surface area contributed by atoms with Crippen molar-refractivity contribution in [3.05, 3.63) is 34.3 Å². The lowest BCUT2D eigenvalue weighted by molar-refractivity contribution is 0.283. The van der Waals surface area contributed by atoms with Crippen molar-refractivity contribution in [3.63, 3.8) is 0 Å². The number of rotatable bonds is 6. The Labute approximate surface area is 98.8 Å². The summed E-state index contributed by atoms with van der Waals surface area (Å²) in [5, 5.41) is 12.0. The van der Waals surface area contributed by atoms with Crippen LogP contribution in [0, 0.1) is 0 Å². The second-order valence-electron chi connectivity index (χ2n) is 3.37. The lowest BCUT2D eigenvalue weighted by Crippen LogP contribution is -2.29. The molecule has 0 saturated heterocycles. The lowest BCUT2D eigenvalue weighted by atomic mass is 10.1. The van der Waals surface area contributed by atoms with E-state index in [1.54, 1.807) is 0 Å². The summed E-state index contributed by atoms with van der Waals surface area (Å²) in [6.07, 6.45) is 0.754. The van der Waals surface area contributed by atoms with Gasteiger partial charge in [-0.05, 0) is 30.7 Å². The molecule has 15 heavy (non-hydrogen) atoms. The van der Waals surface area contributed by atoms with Gasteiger partial charge in [0, 0.05) is 23.7 Å². The van der Waals surface area contributed by atoms with Crippen molar-refractivity contribution in [3.8, 4) is 0 Å². The van der Waals surface area contributed by atoms with Gasteiger partial charge in [-0.2, -0.15) is 0 Å². The molecule has 0 aliphatic heterocycles. The van der Waals surface area contributed by atoms with Gasteiger partial charge in [0.25, 0.3) is 0 Å². The summed E-state index contributed by atoms with van der Waals surface area (Å²) in [6, 6.07) is 8.26. The van der Waals surface area contributed by atoms with E-state index in [0.29, 0.717) is 6.54 Å². The van der Waals surface area contributed by atoms with E-state index in [2.05, 4.69) is 27.3 Å². The number of hydrogen-bond acceptors (Lipinski definition) is 3. The van der Waals surface area contributed by atoms with Gasteiger partial charge in [-0.3, -0.25) is 0 Å². The monoisotopic (exact) mass is 272 g/mol. The molecule has 0 amide bonds. The van der Waals surface area contributed by atoms with Gasteiger partial charge in [0.2, 0.25) is 0 Å². The molecule has 0 radical (unpaired) electrons. The molecule has 1 rings (SSSR count). The smallest absolute Gasteiger partial charge is 0.0444 e. The van der Waals surface area contributed by atoms with Gasteiger partial charge < -0.3 is 16.2 Å². The Morgan fingerprint density at radius 2 is 2.27 bits per heavy atom. The van der Waals surface area contributed by atoms with Crippen LogP contribution in [0.4, 0.5) is 0 Å². The predicted octanol–water partition coefficient (Wildman–Crippen LogP) is 1.42. The van der Waals surface area contributed by atoms with Crippen LogP contribution in [-0.4, -0.2) is 24.8 Å². The second kappa shape index (κ2) is 6.95. The van der Waals surface area contributed by atoms with Crippen molar-refractivity contribution in [1.29, 1.82) is 0 Å². The molecule has 0 saturated carbocycles. The summed E-state index contributed by atoms with van der Waals surface area (Å²) in [6.45, 7) is 1.55. The summed E-state index contributed by atoms with van der Waals surface area (Å²) in [4.78, 5) is 0. The number of halogens is 1. The van der Waals surface area contributed by atoms with E-state index >= 15 is 0 Å². The van der Waals surface area contributed by atoms with Gasteiger partial charge in [0.15, 0.2) is 0 Å². The minimum atomic E-state index is 0.161. The summed E-state index contributed by atoms with van der Waals surface area (Å²) in [5.41, 5.74) is 6.87. The van der Waals surface area contributed by atoms with Crippen LogP contribution in [-0.2, 0) is 0 Å². The van der Waals surface area contributed by atoms with Crippen LogP contribution in [0.2, 0.25) is 0 Å². The molecular weight excluding hydrogens is 256 g/mol. The first-order valence-electron chi connectivity index (χ1n) is 5.07. The quantitative estimate of drug-likeness (QED) is 0.687. The van der Waals surface area contributed by atoms with E-state index in [1.165, 1.54) is 5.56 Å². The molecule has 0 fully saturated rings. The Hall–Kier alpha value is -0.420. The average Bonchev–Trinajstić information content (AvgIpc) is 2.24. The molecule has 0 spiro atoms. The standard InChI is InChI=1S/C11H17BrN2O/c12-10-4-1-3-9(7-10)11(8-13)14-5-2-6-15/h1,3-4,7,11,14-15H,2,5-6,8,13H2. The normalized spacial score (nSPS) is 12.7. The Bertz CT molecular complexity index is 294. The topological polar surface area (TPSA) is 58.3 Å². The molecule has 0 aromatic heterocycles. The summed E-state index contributed by atoms with van der Waals surface area (Å²) < 4.78 is 1.06. The van der Waals surface area contributed by atoms with Crippen LogP contribution < -0.4 is 11.1 Å². The average molecular weight is 273 g/mol. The van der Waals surface area contributed by atoms with Gasteiger partial charge in [-0.25, -0.2) is 0 Å². The second-order valence-corrected chi connectivity index (χ2v) is 4.29. The zero-order valence-corrected chi connectivity index (χ0v) is 10.2. The highest BCUT2D eigenvalue weighted by molar-refractivity contribution is 9.10. The number of aliphatic hydroxyl groups is 1. The molecule has 0 bridgehead atoms. The van der Waals surface area contributed by atoms with Gasteiger partial charge >= 0.3 is 0 Å². The van der Waals surface area contributed by atoms with Crippen LogP contribution >= 0.6 is 15.9 Å². The first kappa shape index (κ1) is 12.6. The summed E-state index contributed by atoms with van der Waals surface area (Å²) in [5.74, 6) is 0. The van der Waals surface area contributed by atoms with Gasteiger partial charge in [0.1, 0.15) is 0 Å². The molecule has 1 aromatic rings. The SMILES string of the molecule is NCC(NCCCO)c1cccc(Br)c1. The highest BCUT2D eigenvalue weighted by atomic mass is 79.9. The number of nitrogens with two attached hydrogens (primary N) is 1. The predicted molar refractivity (Wildman–Crippen MR) is 65.6 cm³/mol. The van der Waals surface area contributed by atoms with E-state index in [-0.39, 0.29) is 12.6 Å². The van der Waals surface area contributed by atoms with Crippen LogP contribution in [0.25, 0.3) is 0 Å². The minimum Gasteiger partial charge on any atom is -0.396 e. The number of hydrogen-bond donors (Lipinski definition) is 3. The third kappa shape index (κ3) is 4.30. The van der Waals surface area contributed by atoms with E-state index in [0.717, 1.165) is 17.4 Å². The Morgan fingerprint density at radius 1 is 1.47 bits per heavy atom. The third-order valence-electron chi connectivity index (χ3n) is 2.21. The molecule has 3 nitrogen and oxygen atoms in total. The van der Waals surface area contributed by atoms with E-state index in [1.807, 2.05) is 18.2 Å². The van der Waals surface area contributed by atoms with Crippen LogP contribution in [0.5, 0.6) is 0 Å². The van der Waals surface area contributed by atoms with Gasteiger partial charge in [-0.15, -0.1) is 0 Å². The van der Waals surface area contributed by atoms with Gasteiger partial charge in [0.05, 0.1) is 0 Å². The molecule has 1 unspecified atom stereocenters. The first-order valence-corrected chi connectivity index (χ1v) is 5.87. The van der Waals surface area contributed by atoms with Crippen LogP contribution in [0.15, 0.2) is 28.7 Å². The fraction of sp³-hybridized carbons (Fsp3) is 0.455. The maximum Gasteiger partial charge on any atom is 0.0444 e. The third-order valence-corrected chi connectivity index (χ3v) is 2.71. The molecule has 0 heterocycles. The molecule has 0 aliphatic carbocycles. The summed E-state index contributed by atoms with van der Waals surface area (Å²) in [7, 11) is 0. The van der Waals surface area contributed by atoms with Crippen molar-refractivity contribution >= 4 is 15.9 Å². The first-order chi connectivity index (χ1) is 7.27. The zero-order valence-electron chi connectivity index (χ0n) is 8.62. The largest absolute Gasteiger partial charge is 0.396 e.